The molecule has 1 fully saturated rings. The number of rotatable bonds is 7. The highest BCUT2D eigenvalue weighted by molar-refractivity contribution is 5.79. The first kappa shape index (κ1) is 15.4. The largest absolute Gasteiger partial charge is 0.480 e. The van der Waals surface area contributed by atoms with E-state index in [2.05, 4.69) is 31.1 Å². The Morgan fingerprint density at radius 3 is 2.50 bits per heavy atom. The topological polar surface area (TPSA) is 52.6 Å². The number of nitrogens with zero attached hydrogens (tertiary/aromatic N) is 1. The molecule has 1 saturated carbocycles. The predicted octanol–water partition coefficient (Wildman–Crippen LogP) is 2.09. The van der Waals surface area contributed by atoms with Crippen LogP contribution in [-0.2, 0) is 4.79 Å². The van der Waals surface area contributed by atoms with Crippen molar-refractivity contribution in [2.75, 3.05) is 13.6 Å². The molecule has 0 heterocycles. The molecule has 1 aliphatic rings. The summed E-state index contributed by atoms with van der Waals surface area (Å²) in [5.74, 6) is -0.690. The van der Waals surface area contributed by atoms with Gasteiger partial charge in [0.05, 0.1) is 0 Å². The molecule has 4 heteroatoms. The Hall–Kier alpha value is -0.610. The summed E-state index contributed by atoms with van der Waals surface area (Å²) >= 11 is 0. The minimum absolute atomic E-state index is 0.394. The summed E-state index contributed by atoms with van der Waals surface area (Å²) in [5.41, 5.74) is -0.695. The van der Waals surface area contributed by atoms with Gasteiger partial charge in [-0.15, -0.1) is 0 Å². The van der Waals surface area contributed by atoms with Crippen LogP contribution in [0.4, 0.5) is 0 Å². The normalized spacial score (nSPS) is 28.2. The van der Waals surface area contributed by atoms with Gasteiger partial charge in [-0.25, -0.2) is 0 Å². The lowest BCUT2D eigenvalue weighted by molar-refractivity contribution is -0.144. The number of carbonyl (C=O) groups is 1. The molecule has 0 aliphatic heterocycles. The Balaban J connectivity index is 2.71. The van der Waals surface area contributed by atoms with E-state index < -0.39 is 11.5 Å². The van der Waals surface area contributed by atoms with Crippen molar-refractivity contribution < 1.29 is 9.90 Å². The molecule has 2 atom stereocenters. The van der Waals surface area contributed by atoms with Gasteiger partial charge in [-0.2, -0.15) is 0 Å². The van der Waals surface area contributed by atoms with E-state index in [-0.39, 0.29) is 0 Å². The summed E-state index contributed by atoms with van der Waals surface area (Å²) in [4.78, 5) is 13.9. The third kappa shape index (κ3) is 3.04. The monoisotopic (exact) mass is 256 g/mol. The molecule has 1 aliphatic carbocycles. The van der Waals surface area contributed by atoms with E-state index in [0.717, 1.165) is 32.1 Å². The van der Waals surface area contributed by atoms with Crippen molar-refractivity contribution in [3.63, 3.8) is 0 Å². The predicted molar refractivity (Wildman–Crippen MR) is 73.8 cm³/mol. The number of hydrogen-bond acceptors (Lipinski definition) is 3. The first-order valence-corrected chi connectivity index (χ1v) is 7.21. The second kappa shape index (κ2) is 6.53. The van der Waals surface area contributed by atoms with Crippen LogP contribution >= 0.6 is 0 Å². The molecule has 0 saturated heterocycles. The molecular formula is C14H28N2O2. The SMILES string of the molecule is CCNC1(C(=O)O)CCC(N(C)C(CC)CC)C1. The van der Waals surface area contributed by atoms with Crippen LogP contribution < -0.4 is 5.32 Å². The minimum Gasteiger partial charge on any atom is -0.480 e. The highest BCUT2D eigenvalue weighted by atomic mass is 16.4. The number of carboxylic acids is 1. The number of hydrogen-bond donors (Lipinski definition) is 2. The van der Waals surface area contributed by atoms with E-state index >= 15 is 0 Å². The Morgan fingerprint density at radius 1 is 1.44 bits per heavy atom. The van der Waals surface area contributed by atoms with Gasteiger partial charge in [0.25, 0.3) is 0 Å². The summed E-state index contributed by atoms with van der Waals surface area (Å²) in [6.07, 6.45) is 4.70. The van der Waals surface area contributed by atoms with Crippen molar-refractivity contribution in [2.45, 2.75) is 70.5 Å². The second-order valence-corrected chi connectivity index (χ2v) is 5.45. The van der Waals surface area contributed by atoms with Gasteiger partial charge in [-0.1, -0.05) is 20.8 Å². The van der Waals surface area contributed by atoms with Crippen molar-refractivity contribution in [3.05, 3.63) is 0 Å². The fraction of sp³-hybridized carbons (Fsp3) is 0.929. The summed E-state index contributed by atoms with van der Waals surface area (Å²) in [5, 5.41) is 12.7. The van der Waals surface area contributed by atoms with E-state index in [9.17, 15) is 9.90 Å². The molecule has 0 aromatic heterocycles. The van der Waals surface area contributed by atoms with Gasteiger partial charge < -0.3 is 15.3 Å². The maximum Gasteiger partial charge on any atom is 0.323 e. The lowest BCUT2D eigenvalue weighted by Crippen LogP contribution is -2.51. The lowest BCUT2D eigenvalue weighted by Gasteiger charge is -2.33. The third-order valence-corrected chi connectivity index (χ3v) is 4.51. The quantitative estimate of drug-likeness (QED) is 0.732. The van der Waals surface area contributed by atoms with Crippen molar-refractivity contribution in [1.29, 1.82) is 0 Å². The molecule has 0 aromatic carbocycles. The molecular weight excluding hydrogens is 228 g/mol. The van der Waals surface area contributed by atoms with Crippen LogP contribution in [0.3, 0.4) is 0 Å². The van der Waals surface area contributed by atoms with Gasteiger partial charge in [0.15, 0.2) is 0 Å². The highest BCUT2D eigenvalue weighted by Gasteiger charge is 2.46. The van der Waals surface area contributed by atoms with E-state index in [1.165, 1.54) is 0 Å². The second-order valence-electron chi connectivity index (χ2n) is 5.45. The smallest absolute Gasteiger partial charge is 0.323 e. The van der Waals surface area contributed by atoms with Gasteiger partial charge >= 0.3 is 5.97 Å². The molecule has 4 nitrogen and oxygen atoms in total. The van der Waals surface area contributed by atoms with Gasteiger partial charge in [0.2, 0.25) is 0 Å². The summed E-state index contributed by atoms with van der Waals surface area (Å²) < 4.78 is 0. The molecule has 1 rings (SSSR count). The zero-order valence-corrected chi connectivity index (χ0v) is 12.2. The van der Waals surface area contributed by atoms with E-state index in [4.69, 9.17) is 0 Å². The van der Waals surface area contributed by atoms with Gasteiger partial charge in [-0.3, -0.25) is 4.79 Å². The zero-order valence-electron chi connectivity index (χ0n) is 12.2. The number of likely N-dealkylation sites (N-methyl/N-ethyl adjacent to an activating group) is 1. The average Bonchev–Trinajstić information content (AvgIpc) is 2.76. The third-order valence-electron chi connectivity index (χ3n) is 4.51. The summed E-state index contributed by atoms with van der Waals surface area (Å²) in [7, 11) is 2.15. The van der Waals surface area contributed by atoms with Crippen molar-refractivity contribution in [1.82, 2.24) is 10.2 Å². The van der Waals surface area contributed by atoms with Gasteiger partial charge in [0.1, 0.15) is 5.54 Å². The van der Waals surface area contributed by atoms with Crippen LogP contribution in [0.2, 0.25) is 0 Å². The Kier molecular flexibility index (Phi) is 5.60. The molecule has 0 spiro atoms. The number of carboxylic acid groups (broad SMARTS) is 1. The zero-order chi connectivity index (χ0) is 13.8. The Labute approximate surface area is 111 Å². The van der Waals surface area contributed by atoms with Crippen molar-refractivity contribution >= 4 is 5.97 Å². The molecule has 2 N–H and O–H groups in total. The summed E-state index contributed by atoms with van der Waals surface area (Å²) in [6, 6.07) is 0.964. The lowest BCUT2D eigenvalue weighted by atomic mass is 9.97. The van der Waals surface area contributed by atoms with Crippen LogP contribution in [0.15, 0.2) is 0 Å². The molecule has 18 heavy (non-hydrogen) atoms. The average molecular weight is 256 g/mol. The van der Waals surface area contributed by atoms with Crippen LogP contribution in [0.1, 0.15) is 52.9 Å². The van der Waals surface area contributed by atoms with Crippen LogP contribution in [0.5, 0.6) is 0 Å². The molecule has 0 bridgehead atoms. The van der Waals surface area contributed by atoms with Crippen molar-refractivity contribution in [3.8, 4) is 0 Å². The van der Waals surface area contributed by atoms with Gasteiger partial charge in [-0.05, 0) is 45.7 Å². The van der Waals surface area contributed by atoms with Crippen LogP contribution in [0.25, 0.3) is 0 Å². The maximum absolute atomic E-state index is 11.5. The van der Waals surface area contributed by atoms with E-state index in [1.54, 1.807) is 0 Å². The number of nitrogens with one attached hydrogen (secondary N) is 1. The molecule has 106 valence electrons. The van der Waals surface area contributed by atoms with Gasteiger partial charge in [0, 0.05) is 12.1 Å². The highest BCUT2D eigenvalue weighted by Crippen LogP contribution is 2.34. The van der Waals surface area contributed by atoms with E-state index in [0.29, 0.717) is 18.6 Å². The van der Waals surface area contributed by atoms with Crippen LogP contribution in [0, 0.1) is 0 Å². The van der Waals surface area contributed by atoms with Crippen LogP contribution in [-0.4, -0.2) is 47.2 Å². The molecule has 2 unspecified atom stereocenters. The standard InChI is InChI=1S/C14H28N2O2/c1-5-11(6-2)16(4)12-8-9-14(10-12,13(17)18)15-7-3/h11-12,15H,5-10H2,1-4H3,(H,17,18). The fourth-order valence-electron chi connectivity index (χ4n) is 3.30. The molecule has 0 radical (unpaired) electrons. The Morgan fingerprint density at radius 2 is 2.06 bits per heavy atom. The minimum atomic E-state index is -0.695. The maximum atomic E-state index is 11.5. The Bertz CT molecular complexity index is 279. The molecule has 0 aromatic rings. The van der Waals surface area contributed by atoms with Crippen molar-refractivity contribution in [2.24, 2.45) is 0 Å². The molecule has 0 amide bonds. The first-order chi connectivity index (χ1) is 8.50. The number of aliphatic carboxylic acids is 1. The fourth-order valence-corrected chi connectivity index (χ4v) is 3.30. The van der Waals surface area contributed by atoms with E-state index in [1.807, 2.05) is 6.92 Å². The summed E-state index contributed by atoms with van der Waals surface area (Å²) in [6.45, 7) is 7.10. The first-order valence-electron chi connectivity index (χ1n) is 7.21.